The molecule has 0 unspecified atom stereocenters. The third-order valence-corrected chi connectivity index (χ3v) is 4.52. The number of carbonyl (C=O) groups is 1. The van der Waals surface area contributed by atoms with Crippen LogP contribution in [0, 0.1) is 13.8 Å². The fourth-order valence-corrected chi connectivity index (χ4v) is 2.99. The zero-order chi connectivity index (χ0) is 18.5. The largest absolute Gasteiger partial charge is 0.489 e. The molecule has 0 aliphatic heterocycles. The van der Waals surface area contributed by atoms with Gasteiger partial charge in [-0.1, -0.05) is 42.5 Å². The molecule has 0 saturated carbocycles. The zero-order valence-corrected chi connectivity index (χ0v) is 15.4. The summed E-state index contributed by atoms with van der Waals surface area (Å²) < 4.78 is 6.04. The van der Waals surface area contributed by atoms with Crippen molar-refractivity contribution in [1.29, 1.82) is 0 Å². The van der Waals surface area contributed by atoms with E-state index in [9.17, 15) is 4.79 Å². The van der Waals surface area contributed by atoms with Crippen molar-refractivity contribution in [3.05, 3.63) is 94.5 Å². The molecule has 3 rings (SSSR count). The van der Waals surface area contributed by atoms with Crippen LogP contribution >= 0.6 is 0 Å². The topological polar surface area (TPSA) is 38.3 Å². The number of rotatable bonds is 6. The molecule has 0 saturated heterocycles. The van der Waals surface area contributed by atoms with Crippen molar-refractivity contribution >= 4 is 11.5 Å². The highest BCUT2D eigenvalue weighted by atomic mass is 16.5. The molecular weight excluding hydrogens is 322 g/mol. The van der Waals surface area contributed by atoms with Gasteiger partial charge in [0.1, 0.15) is 12.4 Å². The second-order valence-electron chi connectivity index (χ2n) is 6.32. The lowest BCUT2D eigenvalue weighted by atomic mass is 10.0. The van der Waals surface area contributed by atoms with Crippen LogP contribution < -0.4 is 10.1 Å². The zero-order valence-electron chi connectivity index (χ0n) is 15.4. The molecule has 1 N–H and O–H groups in total. The van der Waals surface area contributed by atoms with Gasteiger partial charge in [-0.25, -0.2) is 0 Å². The first kappa shape index (κ1) is 17.7. The van der Waals surface area contributed by atoms with Crippen molar-refractivity contribution in [3.63, 3.8) is 0 Å². The molecule has 3 nitrogen and oxygen atoms in total. The number of anilines is 1. The minimum absolute atomic E-state index is 0.0247. The van der Waals surface area contributed by atoms with Gasteiger partial charge in [-0.15, -0.1) is 0 Å². The Balaban J connectivity index is 1.78. The van der Waals surface area contributed by atoms with Crippen LogP contribution in [0.4, 0.5) is 5.69 Å². The molecule has 0 aliphatic carbocycles. The van der Waals surface area contributed by atoms with E-state index in [0.717, 1.165) is 22.6 Å². The minimum atomic E-state index is 0.0247. The summed E-state index contributed by atoms with van der Waals surface area (Å²) >= 11 is 0. The maximum Gasteiger partial charge on any atom is 0.193 e. The normalized spacial score (nSPS) is 10.4. The highest BCUT2D eigenvalue weighted by Crippen LogP contribution is 2.25. The van der Waals surface area contributed by atoms with E-state index < -0.39 is 0 Å². The molecule has 0 fully saturated rings. The molecular formula is C23H23NO2. The van der Waals surface area contributed by atoms with Crippen molar-refractivity contribution in [3.8, 4) is 5.75 Å². The average Bonchev–Trinajstić information content (AvgIpc) is 2.67. The van der Waals surface area contributed by atoms with Crippen molar-refractivity contribution in [1.82, 2.24) is 0 Å². The highest BCUT2D eigenvalue weighted by Gasteiger charge is 2.11. The molecule has 0 radical (unpaired) electrons. The van der Waals surface area contributed by atoms with Crippen LogP contribution in [0.2, 0.25) is 0 Å². The Morgan fingerprint density at radius 1 is 0.885 bits per heavy atom. The van der Waals surface area contributed by atoms with E-state index in [0.29, 0.717) is 17.7 Å². The molecule has 0 aromatic heterocycles. The van der Waals surface area contributed by atoms with Gasteiger partial charge in [0.05, 0.1) is 0 Å². The second kappa shape index (κ2) is 7.87. The van der Waals surface area contributed by atoms with Gasteiger partial charge in [-0.05, 0) is 49.2 Å². The summed E-state index contributed by atoms with van der Waals surface area (Å²) in [7, 11) is 1.91. The summed E-state index contributed by atoms with van der Waals surface area (Å²) in [5.41, 5.74) is 5.71. The van der Waals surface area contributed by atoms with E-state index in [1.54, 1.807) is 0 Å². The van der Waals surface area contributed by atoms with Crippen LogP contribution in [0.1, 0.15) is 32.6 Å². The summed E-state index contributed by atoms with van der Waals surface area (Å²) in [5, 5.41) is 3.20. The van der Waals surface area contributed by atoms with Crippen molar-refractivity contribution in [2.45, 2.75) is 20.5 Å². The molecule has 3 heteroatoms. The van der Waals surface area contributed by atoms with Crippen LogP contribution in [-0.2, 0) is 6.61 Å². The van der Waals surface area contributed by atoms with E-state index in [1.807, 2.05) is 74.6 Å². The first-order valence-electron chi connectivity index (χ1n) is 8.69. The molecule has 0 aliphatic rings. The Hall–Kier alpha value is -3.07. The fraction of sp³-hybridized carbons (Fsp3) is 0.174. The standard InChI is InChI=1S/C23H23NO2/c1-16-8-7-11-21(24-3)20(16)15-26-22-13-12-19(14-17(22)2)23(25)18-9-5-4-6-10-18/h4-14,24H,15H2,1-3H3. The summed E-state index contributed by atoms with van der Waals surface area (Å²) in [5.74, 6) is 0.816. The fourth-order valence-electron chi connectivity index (χ4n) is 2.99. The minimum Gasteiger partial charge on any atom is -0.489 e. The second-order valence-corrected chi connectivity index (χ2v) is 6.32. The Morgan fingerprint density at radius 2 is 1.65 bits per heavy atom. The predicted octanol–water partition coefficient (Wildman–Crippen LogP) is 5.16. The Labute approximate surface area is 154 Å². The third-order valence-electron chi connectivity index (χ3n) is 4.52. The number of benzene rings is 3. The highest BCUT2D eigenvalue weighted by molar-refractivity contribution is 6.09. The van der Waals surface area contributed by atoms with E-state index in [1.165, 1.54) is 5.56 Å². The number of aryl methyl sites for hydroxylation is 2. The number of hydrogen-bond acceptors (Lipinski definition) is 3. The van der Waals surface area contributed by atoms with Crippen LogP contribution in [0.3, 0.4) is 0 Å². The monoisotopic (exact) mass is 345 g/mol. The Bertz CT molecular complexity index is 917. The van der Waals surface area contributed by atoms with E-state index in [2.05, 4.69) is 18.3 Å². The maximum absolute atomic E-state index is 12.6. The van der Waals surface area contributed by atoms with Crippen molar-refractivity contribution < 1.29 is 9.53 Å². The van der Waals surface area contributed by atoms with E-state index in [-0.39, 0.29) is 5.78 Å². The smallest absolute Gasteiger partial charge is 0.193 e. The Morgan fingerprint density at radius 3 is 2.35 bits per heavy atom. The molecule has 0 atom stereocenters. The molecule has 0 spiro atoms. The summed E-state index contributed by atoms with van der Waals surface area (Å²) in [6.45, 7) is 4.53. The van der Waals surface area contributed by atoms with Crippen LogP contribution in [0.5, 0.6) is 5.75 Å². The first-order chi connectivity index (χ1) is 12.6. The van der Waals surface area contributed by atoms with Gasteiger partial charge in [0.25, 0.3) is 0 Å². The van der Waals surface area contributed by atoms with Gasteiger partial charge in [-0.3, -0.25) is 4.79 Å². The lowest BCUT2D eigenvalue weighted by molar-refractivity contribution is 0.103. The molecule has 26 heavy (non-hydrogen) atoms. The van der Waals surface area contributed by atoms with Crippen LogP contribution in [0.15, 0.2) is 66.7 Å². The molecule has 0 heterocycles. The van der Waals surface area contributed by atoms with Gasteiger partial charge in [0.2, 0.25) is 0 Å². The number of ether oxygens (including phenoxy) is 1. The van der Waals surface area contributed by atoms with Crippen LogP contribution in [0.25, 0.3) is 0 Å². The van der Waals surface area contributed by atoms with Gasteiger partial charge >= 0.3 is 0 Å². The summed E-state index contributed by atoms with van der Waals surface area (Å²) in [4.78, 5) is 12.6. The first-order valence-corrected chi connectivity index (χ1v) is 8.69. The summed E-state index contributed by atoms with van der Waals surface area (Å²) in [6, 6.07) is 21.1. The average molecular weight is 345 g/mol. The SMILES string of the molecule is CNc1cccc(C)c1COc1ccc(C(=O)c2ccccc2)cc1C. The lowest BCUT2D eigenvalue weighted by Crippen LogP contribution is -2.05. The quantitative estimate of drug-likeness (QED) is 0.628. The molecule has 3 aromatic rings. The van der Waals surface area contributed by atoms with Gasteiger partial charge in [0.15, 0.2) is 5.78 Å². The van der Waals surface area contributed by atoms with Crippen molar-refractivity contribution in [2.75, 3.05) is 12.4 Å². The third kappa shape index (κ3) is 3.77. The predicted molar refractivity (Wildman–Crippen MR) is 106 cm³/mol. The Kier molecular flexibility index (Phi) is 5.37. The van der Waals surface area contributed by atoms with E-state index >= 15 is 0 Å². The number of carbonyl (C=O) groups excluding carboxylic acids is 1. The van der Waals surface area contributed by atoms with Gasteiger partial charge < -0.3 is 10.1 Å². The van der Waals surface area contributed by atoms with Gasteiger partial charge in [0, 0.05) is 29.4 Å². The summed E-state index contributed by atoms with van der Waals surface area (Å²) in [6.07, 6.45) is 0. The number of nitrogens with one attached hydrogen (secondary N) is 1. The van der Waals surface area contributed by atoms with Crippen LogP contribution in [-0.4, -0.2) is 12.8 Å². The molecule has 0 bridgehead atoms. The van der Waals surface area contributed by atoms with Gasteiger partial charge in [-0.2, -0.15) is 0 Å². The number of hydrogen-bond donors (Lipinski definition) is 1. The molecule has 132 valence electrons. The lowest BCUT2D eigenvalue weighted by Gasteiger charge is -2.15. The molecule has 0 amide bonds. The molecule has 3 aromatic carbocycles. The van der Waals surface area contributed by atoms with E-state index in [4.69, 9.17) is 4.74 Å². The maximum atomic E-state index is 12.6. The van der Waals surface area contributed by atoms with Crippen molar-refractivity contribution in [2.24, 2.45) is 0 Å². The number of ketones is 1.